The van der Waals surface area contributed by atoms with Gasteiger partial charge in [-0.2, -0.15) is 5.10 Å². The molecule has 0 aromatic heterocycles. The highest BCUT2D eigenvalue weighted by Gasteiger charge is 2.07. The van der Waals surface area contributed by atoms with E-state index in [1.54, 1.807) is 0 Å². The first kappa shape index (κ1) is 26.2. The summed E-state index contributed by atoms with van der Waals surface area (Å²) in [5.74, 6) is 4.59. The van der Waals surface area contributed by atoms with Gasteiger partial charge in [0, 0.05) is 6.42 Å². The predicted molar refractivity (Wildman–Crippen MR) is 128 cm³/mol. The van der Waals surface area contributed by atoms with Gasteiger partial charge in [0.1, 0.15) is 0 Å². The third kappa shape index (κ3) is 13.4. The zero-order valence-electron chi connectivity index (χ0n) is 19.2. The molecular weight excluding hydrogens is 372 g/mol. The Hall–Kier alpha value is -1.84. The first-order valence-electron chi connectivity index (χ1n) is 12.2. The largest absolute Gasteiger partial charge is 0.481 e. The second kappa shape index (κ2) is 18.0. The highest BCUT2D eigenvalue weighted by molar-refractivity contribution is 6.01. The Morgan fingerprint density at radius 3 is 1.67 bits per heavy atom. The number of carboxylic acid groups (broad SMARTS) is 1. The number of hydrogen-bond acceptors (Lipinski definition) is 3. The van der Waals surface area contributed by atoms with Gasteiger partial charge in [-0.25, -0.2) is 0 Å². The lowest BCUT2D eigenvalue weighted by Crippen LogP contribution is -2.07. The molecule has 1 aromatic carbocycles. The molecule has 0 saturated carbocycles. The summed E-state index contributed by atoms with van der Waals surface area (Å²) in [6.07, 6.45) is 20.9. The molecule has 0 unspecified atom stereocenters. The molecule has 170 valence electrons. The fourth-order valence-electron chi connectivity index (χ4n) is 3.90. The number of nitrogens with two attached hydrogens (primary N) is 1. The van der Waals surface area contributed by atoms with Crippen molar-refractivity contribution in [1.82, 2.24) is 0 Å². The van der Waals surface area contributed by atoms with E-state index < -0.39 is 5.97 Å². The Morgan fingerprint density at radius 1 is 0.767 bits per heavy atom. The SMILES string of the molecule is CCCCCCCCCCCCCCCCc1ccc(/C(CCC(=O)O)=N/N)cc1. The van der Waals surface area contributed by atoms with Crippen molar-refractivity contribution in [1.29, 1.82) is 0 Å². The molecule has 3 N–H and O–H groups in total. The predicted octanol–water partition coefficient (Wildman–Crippen LogP) is 7.24. The minimum Gasteiger partial charge on any atom is -0.481 e. The highest BCUT2D eigenvalue weighted by Crippen LogP contribution is 2.15. The standard InChI is InChI=1S/C26H44N2O2/c1-2-3-4-5-6-7-8-9-10-11-12-13-14-15-16-23-17-19-24(20-18-23)25(28-27)21-22-26(29)30/h17-20H,2-16,21-22,27H2,1H3,(H,29,30)/b28-25+. The van der Waals surface area contributed by atoms with Gasteiger partial charge in [-0.15, -0.1) is 0 Å². The number of rotatable bonds is 19. The number of aliphatic carboxylic acids is 1. The van der Waals surface area contributed by atoms with Gasteiger partial charge in [0.25, 0.3) is 0 Å². The Kier molecular flexibility index (Phi) is 15.7. The van der Waals surface area contributed by atoms with Crippen LogP contribution in [0.2, 0.25) is 0 Å². The molecule has 30 heavy (non-hydrogen) atoms. The van der Waals surface area contributed by atoms with Gasteiger partial charge in [0.15, 0.2) is 0 Å². The van der Waals surface area contributed by atoms with E-state index in [0.29, 0.717) is 12.1 Å². The number of carboxylic acids is 1. The monoisotopic (exact) mass is 416 g/mol. The second-order valence-corrected chi connectivity index (χ2v) is 8.51. The lowest BCUT2D eigenvalue weighted by molar-refractivity contribution is -0.136. The van der Waals surface area contributed by atoms with Crippen molar-refractivity contribution in [2.45, 2.75) is 116 Å². The van der Waals surface area contributed by atoms with Crippen LogP contribution in [0.1, 0.15) is 121 Å². The van der Waals surface area contributed by atoms with Crippen molar-refractivity contribution in [2.75, 3.05) is 0 Å². The molecule has 0 aliphatic heterocycles. The molecule has 0 atom stereocenters. The number of unbranched alkanes of at least 4 members (excludes halogenated alkanes) is 13. The van der Waals surface area contributed by atoms with Gasteiger partial charge in [-0.05, 0) is 24.0 Å². The van der Waals surface area contributed by atoms with Crippen LogP contribution < -0.4 is 5.84 Å². The first-order valence-corrected chi connectivity index (χ1v) is 12.2. The molecule has 0 heterocycles. The molecule has 4 heteroatoms. The van der Waals surface area contributed by atoms with E-state index in [9.17, 15) is 4.79 Å². The van der Waals surface area contributed by atoms with E-state index in [1.165, 1.54) is 95.5 Å². The van der Waals surface area contributed by atoms with E-state index in [4.69, 9.17) is 10.9 Å². The topological polar surface area (TPSA) is 75.7 Å². The van der Waals surface area contributed by atoms with Crippen molar-refractivity contribution in [3.8, 4) is 0 Å². The van der Waals surface area contributed by atoms with Crippen LogP contribution in [0.15, 0.2) is 29.4 Å². The third-order valence-corrected chi connectivity index (χ3v) is 5.84. The van der Waals surface area contributed by atoms with Gasteiger partial charge in [-0.1, -0.05) is 115 Å². The van der Waals surface area contributed by atoms with E-state index in [1.807, 2.05) is 12.1 Å². The lowest BCUT2D eigenvalue weighted by atomic mass is 10.0. The zero-order valence-corrected chi connectivity index (χ0v) is 19.2. The normalized spacial score (nSPS) is 11.7. The van der Waals surface area contributed by atoms with Crippen molar-refractivity contribution in [2.24, 2.45) is 10.9 Å². The van der Waals surface area contributed by atoms with Crippen molar-refractivity contribution in [3.63, 3.8) is 0 Å². The number of carbonyl (C=O) groups is 1. The minimum atomic E-state index is -0.828. The highest BCUT2D eigenvalue weighted by atomic mass is 16.4. The summed E-state index contributed by atoms with van der Waals surface area (Å²) in [5.41, 5.74) is 2.90. The van der Waals surface area contributed by atoms with Crippen LogP contribution >= 0.6 is 0 Å². The minimum absolute atomic E-state index is 0.0524. The maximum atomic E-state index is 10.7. The summed E-state index contributed by atoms with van der Waals surface area (Å²) in [6, 6.07) is 8.24. The quantitative estimate of drug-likeness (QED) is 0.108. The molecule has 1 rings (SSSR count). The van der Waals surface area contributed by atoms with Crippen LogP contribution in [0.4, 0.5) is 0 Å². The zero-order chi connectivity index (χ0) is 21.9. The molecule has 0 spiro atoms. The van der Waals surface area contributed by atoms with E-state index in [0.717, 1.165) is 12.0 Å². The summed E-state index contributed by atoms with van der Waals surface area (Å²) >= 11 is 0. The number of aryl methyl sites for hydroxylation is 1. The van der Waals surface area contributed by atoms with E-state index >= 15 is 0 Å². The van der Waals surface area contributed by atoms with Gasteiger partial charge in [0.2, 0.25) is 0 Å². The molecule has 0 amide bonds. The van der Waals surface area contributed by atoms with Crippen LogP contribution in [0.25, 0.3) is 0 Å². The molecule has 0 bridgehead atoms. The summed E-state index contributed by atoms with van der Waals surface area (Å²) in [5, 5.41) is 12.6. The van der Waals surface area contributed by atoms with Gasteiger partial charge in [0.05, 0.1) is 12.1 Å². The molecule has 0 fully saturated rings. The fraction of sp³-hybridized carbons (Fsp3) is 0.692. The van der Waals surface area contributed by atoms with E-state index in [2.05, 4.69) is 24.2 Å². The smallest absolute Gasteiger partial charge is 0.303 e. The third-order valence-electron chi connectivity index (χ3n) is 5.84. The average molecular weight is 417 g/mol. The summed E-state index contributed by atoms with van der Waals surface area (Å²) in [6.45, 7) is 2.28. The fourth-order valence-corrected chi connectivity index (χ4v) is 3.90. The maximum Gasteiger partial charge on any atom is 0.303 e. The lowest BCUT2D eigenvalue weighted by Gasteiger charge is -2.06. The first-order chi connectivity index (χ1) is 14.7. The number of nitrogens with zero attached hydrogens (tertiary/aromatic N) is 1. The van der Waals surface area contributed by atoms with Gasteiger partial charge in [-0.3, -0.25) is 4.79 Å². The number of hydrazone groups is 1. The maximum absolute atomic E-state index is 10.7. The Balaban J connectivity index is 2.02. The summed E-state index contributed by atoms with van der Waals surface area (Å²) < 4.78 is 0. The Morgan fingerprint density at radius 2 is 1.23 bits per heavy atom. The molecule has 0 saturated heterocycles. The second-order valence-electron chi connectivity index (χ2n) is 8.51. The molecule has 0 aliphatic carbocycles. The van der Waals surface area contributed by atoms with Gasteiger partial charge >= 0.3 is 5.97 Å². The number of hydrogen-bond donors (Lipinski definition) is 2. The van der Waals surface area contributed by atoms with E-state index in [-0.39, 0.29) is 6.42 Å². The molecular formula is C26H44N2O2. The average Bonchev–Trinajstić information content (AvgIpc) is 2.75. The molecule has 4 nitrogen and oxygen atoms in total. The summed E-state index contributed by atoms with van der Waals surface area (Å²) in [7, 11) is 0. The molecule has 1 aromatic rings. The van der Waals surface area contributed by atoms with Crippen LogP contribution in [-0.2, 0) is 11.2 Å². The number of benzene rings is 1. The van der Waals surface area contributed by atoms with Crippen LogP contribution in [-0.4, -0.2) is 16.8 Å². The van der Waals surface area contributed by atoms with Crippen LogP contribution in [0.5, 0.6) is 0 Å². The molecule has 0 aliphatic rings. The Labute approximate surface area is 184 Å². The Bertz CT molecular complexity index is 581. The van der Waals surface area contributed by atoms with Crippen molar-refractivity contribution < 1.29 is 9.90 Å². The van der Waals surface area contributed by atoms with Crippen molar-refractivity contribution >= 4 is 11.7 Å². The molecule has 0 radical (unpaired) electrons. The van der Waals surface area contributed by atoms with Crippen molar-refractivity contribution in [3.05, 3.63) is 35.4 Å². The van der Waals surface area contributed by atoms with Crippen LogP contribution in [0, 0.1) is 0 Å². The van der Waals surface area contributed by atoms with Gasteiger partial charge < -0.3 is 10.9 Å². The van der Waals surface area contributed by atoms with Crippen LogP contribution in [0.3, 0.4) is 0 Å². The summed E-state index contributed by atoms with van der Waals surface area (Å²) in [4.78, 5) is 10.7.